The predicted octanol–water partition coefficient (Wildman–Crippen LogP) is 2.91. The average molecular weight is 371 g/mol. The zero-order valence-corrected chi connectivity index (χ0v) is 15.0. The quantitative estimate of drug-likeness (QED) is 0.647. The van der Waals surface area contributed by atoms with Gasteiger partial charge in [-0.25, -0.2) is 4.98 Å². The van der Waals surface area contributed by atoms with Gasteiger partial charge in [-0.3, -0.25) is 24.2 Å². The van der Waals surface area contributed by atoms with Gasteiger partial charge >= 0.3 is 0 Å². The summed E-state index contributed by atoms with van der Waals surface area (Å²) in [5.41, 5.74) is 1.57. The molecule has 0 unspecified atom stereocenters. The minimum absolute atomic E-state index is 0.292. The molecule has 0 atom stereocenters. The van der Waals surface area contributed by atoms with E-state index in [9.17, 15) is 14.4 Å². The molecule has 4 rings (SSSR count). The molecule has 0 radical (unpaired) electrons. The van der Waals surface area contributed by atoms with Crippen molar-refractivity contribution in [2.45, 2.75) is 6.54 Å². The second kappa shape index (κ2) is 7.44. The number of carbonyl (C=O) groups is 3. The van der Waals surface area contributed by atoms with Gasteiger partial charge in [0.15, 0.2) is 0 Å². The van der Waals surface area contributed by atoms with Crippen molar-refractivity contribution >= 4 is 23.5 Å². The summed E-state index contributed by atoms with van der Waals surface area (Å²) in [6.07, 6.45) is 1.60. The third-order valence-corrected chi connectivity index (χ3v) is 4.58. The Bertz CT molecular complexity index is 1000. The van der Waals surface area contributed by atoms with Gasteiger partial charge in [0.05, 0.1) is 17.7 Å². The molecule has 1 aliphatic heterocycles. The smallest absolute Gasteiger partial charge is 0.262 e. The van der Waals surface area contributed by atoms with E-state index in [1.807, 2.05) is 30.3 Å². The number of anilines is 1. The van der Waals surface area contributed by atoms with E-state index in [2.05, 4.69) is 4.98 Å². The van der Waals surface area contributed by atoms with Crippen LogP contribution in [0.3, 0.4) is 0 Å². The van der Waals surface area contributed by atoms with Crippen LogP contribution in [0.2, 0.25) is 0 Å². The molecule has 3 aromatic rings. The topological polar surface area (TPSA) is 70.6 Å². The summed E-state index contributed by atoms with van der Waals surface area (Å²) in [6, 6.07) is 21.4. The van der Waals surface area contributed by atoms with Crippen molar-refractivity contribution in [3.63, 3.8) is 0 Å². The van der Waals surface area contributed by atoms with E-state index in [4.69, 9.17) is 0 Å². The number of nitrogens with zero attached hydrogens (tertiary/aromatic N) is 3. The molecule has 6 heteroatoms. The number of carbonyl (C=O) groups excluding carboxylic acids is 3. The molecule has 0 fully saturated rings. The molecule has 28 heavy (non-hydrogen) atoms. The summed E-state index contributed by atoms with van der Waals surface area (Å²) >= 11 is 0. The van der Waals surface area contributed by atoms with Crippen molar-refractivity contribution in [3.05, 3.63) is 95.7 Å². The van der Waals surface area contributed by atoms with Crippen molar-refractivity contribution in [2.75, 3.05) is 11.4 Å². The number of hydrogen-bond acceptors (Lipinski definition) is 4. The summed E-state index contributed by atoms with van der Waals surface area (Å²) < 4.78 is 0. The summed E-state index contributed by atoms with van der Waals surface area (Å²) in [6.45, 7) is -0.0460. The number of benzene rings is 2. The van der Waals surface area contributed by atoms with E-state index in [0.29, 0.717) is 23.5 Å². The zero-order valence-electron chi connectivity index (χ0n) is 15.0. The van der Waals surface area contributed by atoms with Crippen LogP contribution < -0.4 is 4.90 Å². The van der Waals surface area contributed by atoms with E-state index < -0.39 is 11.8 Å². The number of amides is 3. The first-order valence-corrected chi connectivity index (χ1v) is 8.85. The molecule has 0 bridgehead atoms. The first-order chi connectivity index (χ1) is 13.6. The van der Waals surface area contributed by atoms with Crippen molar-refractivity contribution < 1.29 is 14.4 Å². The molecule has 138 valence electrons. The molecule has 0 saturated carbocycles. The fraction of sp³-hybridized carbons (Fsp3) is 0.0909. The fourth-order valence-corrected chi connectivity index (χ4v) is 3.18. The van der Waals surface area contributed by atoms with E-state index >= 15 is 0 Å². The molecular formula is C22H17N3O3. The highest BCUT2D eigenvalue weighted by molar-refractivity contribution is 6.22. The highest BCUT2D eigenvalue weighted by atomic mass is 16.2. The van der Waals surface area contributed by atoms with E-state index in [1.165, 1.54) is 4.90 Å². The Kier molecular flexibility index (Phi) is 4.68. The molecule has 3 amide bonds. The maximum Gasteiger partial charge on any atom is 0.262 e. The van der Waals surface area contributed by atoms with Gasteiger partial charge in [0, 0.05) is 6.20 Å². The van der Waals surface area contributed by atoms with Gasteiger partial charge in [0.2, 0.25) is 5.91 Å². The van der Waals surface area contributed by atoms with Crippen LogP contribution in [0.15, 0.2) is 79.0 Å². The van der Waals surface area contributed by atoms with Crippen LogP contribution >= 0.6 is 0 Å². The van der Waals surface area contributed by atoms with Crippen molar-refractivity contribution in [1.82, 2.24) is 9.88 Å². The van der Waals surface area contributed by atoms with Crippen molar-refractivity contribution in [3.8, 4) is 0 Å². The van der Waals surface area contributed by atoms with Crippen LogP contribution in [0, 0.1) is 0 Å². The minimum atomic E-state index is -0.449. The maximum atomic E-state index is 13.1. The highest BCUT2D eigenvalue weighted by Crippen LogP contribution is 2.23. The molecule has 0 N–H and O–H groups in total. The number of hydrogen-bond donors (Lipinski definition) is 0. The van der Waals surface area contributed by atoms with E-state index in [1.54, 1.807) is 48.7 Å². The first kappa shape index (κ1) is 17.6. The van der Waals surface area contributed by atoms with Crippen molar-refractivity contribution in [1.29, 1.82) is 0 Å². The third kappa shape index (κ3) is 3.27. The molecule has 6 nitrogen and oxygen atoms in total. The van der Waals surface area contributed by atoms with Gasteiger partial charge in [0.25, 0.3) is 11.8 Å². The van der Waals surface area contributed by atoms with Gasteiger partial charge in [-0.05, 0) is 29.8 Å². The standard InChI is InChI=1S/C22H17N3O3/c26-20(15-25-21(27)17-10-4-5-11-18(17)22(25)28)24(19-12-6-7-13-23-19)14-16-8-2-1-3-9-16/h1-13H,14-15H2. The molecule has 0 spiro atoms. The van der Waals surface area contributed by atoms with Crippen LogP contribution in [-0.2, 0) is 11.3 Å². The van der Waals surface area contributed by atoms with Gasteiger partial charge < -0.3 is 0 Å². The molecule has 1 aliphatic rings. The van der Waals surface area contributed by atoms with Gasteiger partial charge in [0.1, 0.15) is 12.4 Å². The molecule has 2 heterocycles. The number of fused-ring (bicyclic) bond motifs is 1. The molecular weight excluding hydrogens is 354 g/mol. The first-order valence-electron chi connectivity index (χ1n) is 8.85. The van der Waals surface area contributed by atoms with E-state index in [0.717, 1.165) is 10.5 Å². The maximum absolute atomic E-state index is 13.1. The van der Waals surface area contributed by atoms with E-state index in [-0.39, 0.29) is 12.5 Å². The Morgan fingerprint density at radius 1 is 0.821 bits per heavy atom. The molecule has 0 saturated heterocycles. The van der Waals surface area contributed by atoms with Gasteiger partial charge in [-0.2, -0.15) is 0 Å². The monoisotopic (exact) mass is 371 g/mol. The minimum Gasteiger partial charge on any atom is -0.291 e. The number of pyridine rings is 1. The predicted molar refractivity (Wildman–Crippen MR) is 104 cm³/mol. The number of aromatic nitrogens is 1. The lowest BCUT2D eigenvalue weighted by molar-refractivity contribution is -0.119. The highest BCUT2D eigenvalue weighted by Gasteiger charge is 2.37. The van der Waals surface area contributed by atoms with Crippen LogP contribution in [0.5, 0.6) is 0 Å². The normalized spacial score (nSPS) is 12.8. The van der Waals surface area contributed by atoms with Crippen LogP contribution in [0.4, 0.5) is 5.82 Å². The Labute approximate surface area is 162 Å². The summed E-state index contributed by atoms with van der Waals surface area (Å²) in [4.78, 5) is 45.0. The second-order valence-corrected chi connectivity index (χ2v) is 6.40. The van der Waals surface area contributed by atoms with Crippen LogP contribution in [0.1, 0.15) is 26.3 Å². The van der Waals surface area contributed by atoms with Crippen molar-refractivity contribution in [2.24, 2.45) is 0 Å². The second-order valence-electron chi connectivity index (χ2n) is 6.40. The van der Waals surface area contributed by atoms with Gasteiger partial charge in [-0.15, -0.1) is 0 Å². The molecule has 2 aromatic carbocycles. The Balaban J connectivity index is 1.60. The Morgan fingerprint density at radius 3 is 2.04 bits per heavy atom. The Morgan fingerprint density at radius 2 is 1.43 bits per heavy atom. The summed E-state index contributed by atoms with van der Waals surface area (Å²) in [5.74, 6) is -0.811. The molecule has 0 aliphatic carbocycles. The van der Waals surface area contributed by atoms with Gasteiger partial charge in [-0.1, -0.05) is 48.5 Å². The third-order valence-electron chi connectivity index (χ3n) is 4.58. The van der Waals surface area contributed by atoms with Crippen LogP contribution in [0.25, 0.3) is 0 Å². The summed E-state index contributed by atoms with van der Waals surface area (Å²) in [7, 11) is 0. The lowest BCUT2D eigenvalue weighted by Gasteiger charge is -2.24. The SMILES string of the molecule is O=C1c2ccccc2C(=O)N1CC(=O)N(Cc1ccccc1)c1ccccn1. The average Bonchev–Trinajstić information content (AvgIpc) is 2.98. The Hall–Kier alpha value is -3.80. The largest absolute Gasteiger partial charge is 0.291 e. The lowest BCUT2D eigenvalue weighted by Crippen LogP contribution is -2.42. The molecule has 1 aromatic heterocycles. The summed E-state index contributed by atoms with van der Waals surface area (Å²) in [5, 5.41) is 0. The zero-order chi connectivity index (χ0) is 19.5. The fourth-order valence-electron chi connectivity index (χ4n) is 3.18. The lowest BCUT2D eigenvalue weighted by atomic mass is 10.1. The number of imide groups is 1. The number of rotatable bonds is 5. The van der Waals surface area contributed by atoms with Crippen LogP contribution in [-0.4, -0.2) is 34.2 Å².